The topological polar surface area (TPSA) is 18.5 Å². The van der Waals surface area contributed by atoms with Crippen molar-refractivity contribution in [3.8, 4) is 11.1 Å². The minimum absolute atomic E-state index is 0.221. The van der Waals surface area contributed by atoms with Gasteiger partial charge in [-0.15, -0.1) is 0 Å². The van der Waals surface area contributed by atoms with Gasteiger partial charge in [0.1, 0.15) is 0 Å². The molecule has 2 heteroatoms. The fraction of sp³-hybridized carbons (Fsp3) is 0.250. The zero-order chi connectivity index (χ0) is 12.4. The first kappa shape index (κ1) is 11.5. The van der Waals surface area contributed by atoms with Crippen LogP contribution in [0, 0.1) is 6.92 Å². The van der Waals surface area contributed by atoms with Crippen molar-refractivity contribution in [1.29, 1.82) is 0 Å². The largest absolute Gasteiger partial charge is 0.346 e. The van der Waals surface area contributed by atoms with Crippen molar-refractivity contribution >= 4 is 0 Å². The van der Waals surface area contributed by atoms with Crippen LogP contribution >= 0.6 is 0 Å². The standard InChI is InChI=1S/C16H16O2/c1-12-6-2-3-7-13(12)14-8-4-5-9-15(14)16-17-10-11-18-16/h2-9,16H,10-11H2,1H3. The normalized spacial score (nSPS) is 16.1. The molecule has 2 nitrogen and oxygen atoms in total. The molecule has 18 heavy (non-hydrogen) atoms. The van der Waals surface area contributed by atoms with Crippen LogP contribution in [0.4, 0.5) is 0 Å². The summed E-state index contributed by atoms with van der Waals surface area (Å²) in [7, 11) is 0. The van der Waals surface area contributed by atoms with Gasteiger partial charge in [-0.05, 0) is 23.6 Å². The Morgan fingerprint density at radius 2 is 1.44 bits per heavy atom. The summed E-state index contributed by atoms with van der Waals surface area (Å²) in [5.74, 6) is 0. The van der Waals surface area contributed by atoms with Crippen LogP contribution in [-0.2, 0) is 9.47 Å². The van der Waals surface area contributed by atoms with Crippen LogP contribution in [-0.4, -0.2) is 13.2 Å². The van der Waals surface area contributed by atoms with Gasteiger partial charge in [-0.25, -0.2) is 0 Å². The predicted molar refractivity (Wildman–Crippen MR) is 71.3 cm³/mol. The molecule has 92 valence electrons. The van der Waals surface area contributed by atoms with Crippen LogP contribution in [0.1, 0.15) is 17.4 Å². The van der Waals surface area contributed by atoms with Gasteiger partial charge in [0.2, 0.25) is 0 Å². The van der Waals surface area contributed by atoms with Gasteiger partial charge in [0, 0.05) is 5.56 Å². The average Bonchev–Trinajstić information content (AvgIpc) is 2.93. The van der Waals surface area contributed by atoms with Crippen LogP contribution in [0.15, 0.2) is 48.5 Å². The molecule has 3 rings (SSSR count). The fourth-order valence-corrected chi connectivity index (χ4v) is 2.36. The SMILES string of the molecule is Cc1ccccc1-c1ccccc1C1OCCO1. The molecule has 0 bridgehead atoms. The highest BCUT2D eigenvalue weighted by molar-refractivity contribution is 5.70. The second-order valence-electron chi connectivity index (χ2n) is 4.48. The Balaban J connectivity index is 2.09. The van der Waals surface area contributed by atoms with Crippen molar-refractivity contribution in [3.63, 3.8) is 0 Å². The summed E-state index contributed by atoms with van der Waals surface area (Å²) >= 11 is 0. The van der Waals surface area contributed by atoms with Gasteiger partial charge < -0.3 is 9.47 Å². The molecular weight excluding hydrogens is 224 g/mol. The second-order valence-corrected chi connectivity index (χ2v) is 4.48. The average molecular weight is 240 g/mol. The molecule has 0 aliphatic carbocycles. The Kier molecular flexibility index (Phi) is 3.13. The Morgan fingerprint density at radius 3 is 2.17 bits per heavy atom. The summed E-state index contributed by atoms with van der Waals surface area (Å²) < 4.78 is 11.2. The fourth-order valence-electron chi connectivity index (χ4n) is 2.36. The van der Waals surface area contributed by atoms with Crippen molar-refractivity contribution in [2.45, 2.75) is 13.2 Å². The van der Waals surface area contributed by atoms with E-state index < -0.39 is 0 Å². The molecule has 1 saturated heterocycles. The Morgan fingerprint density at radius 1 is 0.833 bits per heavy atom. The van der Waals surface area contributed by atoms with Gasteiger partial charge in [0.05, 0.1) is 13.2 Å². The summed E-state index contributed by atoms with van der Waals surface area (Å²) in [4.78, 5) is 0. The lowest BCUT2D eigenvalue weighted by molar-refractivity contribution is -0.0436. The first-order valence-corrected chi connectivity index (χ1v) is 6.24. The highest BCUT2D eigenvalue weighted by Crippen LogP contribution is 2.33. The quantitative estimate of drug-likeness (QED) is 0.796. The molecule has 0 atom stereocenters. The van der Waals surface area contributed by atoms with Gasteiger partial charge in [-0.2, -0.15) is 0 Å². The van der Waals surface area contributed by atoms with E-state index in [0.717, 1.165) is 5.56 Å². The van der Waals surface area contributed by atoms with Gasteiger partial charge in [0.25, 0.3) is 0 Å². The molecular formula is C16H16O2. The van der Waals surface area contributed by atoms with Crippen LogP contribution < -0.4 is 0 Å². The summed E-state index contributed by atoms with van der Waals surface area (Å²) in [6, 6.07) is 16.7. The van der Waals surface area contributed by atoms with Gasteiger partial charge >= 0.3 is 0 Å². The monoisotopic (exact) mass is 240 g/mol. The Bertz CT molecular complexity index is 542. The highest BCUT2D eigenvalue weighted by atomic mass is 16.7. The lowest BCUT2D eigenvalue weighted by Gasteiger charge is -2.16. The zero-order valence-electron chi connectivity index (χ0n) is 10.4. The summed E-state index contributed by atoms with van der Waals surface area (Å²) in [6.45, 7) is 3.47. The molecule has 1 heterocycles. The van der Waals surface area contributed by atoms with E-state index in [2.05, 4.69) is 49.4 Å². The molecule has 2 aromatic rings. The van der Waals surface area contributed by atoms with Crippen LogP contribution in [0.2, 0.25) is 0 Å². The van der Waals surface area contributed by atoms with E-state index in [4.69, 9.17) is 9.47 Å². The molecule has 2 aromatic carbocycles. The highest BCUT2D eigenvalue weighted by Gasteiger charge is 2.21. The molecule has 0 aromatic heterocycles. The van der Waals surface area contributed by atoms with E-state index in [1.165, 1.54) is 16.7 Å². The maximum atomic E-state index is 5.62. The third kappa shape index (κ3) is 2.05. The molecule has 1 aliphatic heterocycles. The number of benzene rings is 2. The van der Waals surface area contributed by atoms with Gasteiger partial charge in [-0.3, -0.25) is 0 Å². The van der Waals surface area contributed by atoms with Crippen molar-refractivity contribution < 1.29 is 9.47 Å². The lowest BCUT2D eigenvalue weighted by atomic mass is 9.96. The first-order chi connectivity index (χ1) is 8.86. The van der Waals surface area contributed by atoms with Crippen LogP contribution in [0.5, 0.6) is 0 Å². The van der Waals surface area contributed by atoms with Gasteiger partial charge in [-0.1, -0.05) is 48.5 Å². The number of ether oxygens (including phenoxy) is 2. The van der Waals surface area contributed by atoms with Crippen molar-refractivity contribution in [1.82, 2.24) is 0 Å². The van der Waals surface area contributed by atoms with E-state index in [1.54, 1.807) is 0 Å². The predicted octanol–water partition coefficient (Wildman–Crippen LogP) is 3.71. The molecule has 0 unspecified atom stereocenters. The van der Waals surface area contributed by atoms with Crippen molar-refractivity contribution in [2.24, 2.45) is 0 Å². The summed E-state index contributed by atoms with van der Waals surface area (Å²) in [6.07, 6.45) is -0.221. The number of rotatable bonds is 2. The smallest absolute Gasteiger partial charge is 0.184 e. The van der Waals surface area contributed by atoms with Crippen LogP contribution in [0.25, 0.3) is 11.1 Å². The van der Waals surface area contributed by atoms with E-state index in [9.17, 15) is 0 Å². The molecule has 0 amide bonds. The van der Waals surface area contributed by atoms with E-state index in [0.29, 0.717) is 13.2 Å². The third-order valence-electron chi connectivity index (χ3n) is 3.27. The van der Waals surface area contributed by atoms with E-state index in [1.807, 2.05) is 6.07 Å². The van der Waals surface area contributed by atoms with E-state index in [-0.39, 0.29) is 6.29 Å². The molecule has 1 fully saturated rings. The maximum Gasteiger partial charge on any atom is 0.184 e. The first-order valence-electron chi connectivity index (χ1n) is 6.24. The molecule has 0 saturated carbocycles. The Hall–Kier alpha value is -1.64. The van der Waals surface area contributed by atoms with Crippen molar-refractivity contribution in [2.75, 3.05) is 13.2 Å². The maximum absolute atomic E-state index is 5.62. The molecule has 0 spiro atoms. The minimum atomic E-state index is -0.221. The number of hydrogen-bond donors (Lipinski definition) is 0. The van der Waals surface area contributed by atoms with Crippen LogP contribution in [0.3, 0.4) is 0 Å². The summed E-state index contributed by atoms with van der Waals surface area (Å²) in [5, 5.41) is 0. The second kappa shape index (κ2) is 4.92. The lowest BCUT2D eigenvalue weighted by Crippen LogP contribution is -2.01. The van der Waals surface area contributed by atoms with E-state index >= 15 is 0 Å². The Labute approximate surface area is 107 Å². The minimum Gasteiger partial charge on any atom is -0.346 e. The molecule has 0 N–H and O–H groups in total. The zero-order valence-corrected chi connectivity index (χ0v) is 10.4. The summed E-state index contributed by atoms with van der Waals surface area (Å²) in [5.41, 5.74) is 4.82. The number of hydrogen-bond acceptors (Lipinski definition) is 2. The molecule has 1 aliphatic rings. The third-order valence-corrected chi connectivity index (χ3v) is 3.27. The number of aryl methyl sites for hydroxylation is 1. The van der Waals surface area contributed by atoms with Crippen molar-refractivity contribution in [3.05, 3.63) is 59.7 Å². The molecule has 0 radical (unpaired) electrons. The van der Waals surface area contributed by atoms with Gasteiger partial charge in [0.15, 0.2) is 6.29 Å².